The Bertz CT molecular complexity index is 822. The van der Waals surface area contributed by atoms with Gasteiger partial charge in [0.15, 0.2) is 0 Å². The van der Waals surface area contributed by atoms with Crippen molar-refractivity contribution < 1.29 is 18.0 Å². The van der Waals surface area contributed by atoms with E-state index >= 15 is 0 Å². The van der Waals surface area contributed by atoms with Crippen LogP contribution in [0.4, 0.5) is 0 Å². The first-order valence-corrected chi connectivity index (χ1v) is 11.7. The fraction of sp³-hybridized carbons (Fsp3) is 0.722. The number of aryl methyl sites for hydroxylation is 1. The smallest absolute Gasteiger partial charge is 0.274 e. The minimum atomic E-state index is -3.51. The summed E-state index contributed by atoms with van der Waals surface area (Å²) < 4.78 is 28.0. The Balaban J connectivity index is 1.84. The second-order valence-corrected chi connectivity index (χ2v) is 9.41. The molecule has 0 aromatic carbocycles. The maximum absolute atomic E-state index is 12.9. The van der Waals surface area contributed by atoms with Crippen molar-refractivity contribution in [3.8, 4) is 0 Å². The van der Waals surface area contributed by atoms with Crippen molar-refractivity contribution in [3.63, 3.8) is 0 Å². The number of hydrogen-bond donors (Lipinski definition) is 1. The standard InChI is InChI=1S/C18H29N5O4S/c1-3-22-10-8-15(20-22)18(25)21-11-9-19-17(24)14-6-4-5-7-16(14)23(13-12-21)28(2,26)27/h8,10,14,16H,3-7,9,11-13H2,1-2H3,(H,19,24)/t14-,16+/m0/s1. The number of nitrogens with one attached hydrogen (secondary N) is 1. The molecule has 2 heterocycles. The quantitative estimate of drug-likeness (QED) is 0.770. The molecule has 1 N–H and O–H groups in total. The Kier molecular flexibility index (Phi) is 6.39. The molecule has 0 bridgehead atoms. The molecule has 1 aliphatic heterocycles. The summed E-state index contributed by atoms with van der Waals surface area (Å²) in [5.41, 5.74) is 0.326. The van der Waals surface area contributed by atoms with E-state index in [2.05, 4.69) is 10.4 Å². The fourth-order valence-corrected chi connectivity index (χ4v) is 5.29. The van der Waals surface area contributed by atoms with Gasteiger partial charge in [-0.05, 0) is 25.8 Å². The molecule has 2 amide bonds. The maximum Gasteiger partial charge on any atom is 0.274 e. The normalized spacial score (nSPS) is 25.1. The van der Waals surface area contributed by atoms with E-state index in [1.807, 2.05) is 6.92 Å². The molecule has 0 radical (unpaired) electrons. The van der Waals surface area contributed by atoms with Crippen LogP contribution in [-0.4, -0.2) is 77.7 Å². The van der Waals surface area contributed by atoms with E-state index in [-0.39, 0.29) is 36.9 Å². The average Bonchev–Trinajstić information content (AvgIpc) is 3.14. The largest absolute Gasteiger partial charge is 0.354 e. The fourth-order valence-electron chi connectivity index (χ4n) is 4.13. The number of nitrogens with zero attached hydrogens (tertiary/aromatic N) is 4. The SMILES string of the molecule is CCn1ccc(C(=O)N2CCNC(=O)[C@H]3CCCC[C@H]3N(S(C)(=O)=O)CC2)n1. The van der Waals surface area contributed by atoms with Gasteiger partial charge in [-0.1, -0.05) is 12.8 Å². The summed E-state index contributed by atoms with van der Waals surface area (Å²) in [6, 6.07) is 1.31. The second-order valence-electron chi connectivity index (χ2n) is 7.47. The Labute approximate surface area is 166 Å². The van der Waals surface area contributed by atoms with Gasteiger partial charge in [0.05, 0.1) is 12.2 Å². The molecule has 9 nitrogen and oxygen atoms in total. The summed E-state index contributed by atoms with van der Waals surface area (Å²) in [5.74, 6) is -0.704. The number of hydrogen-bond acceptors (Lipinski definition) is 5. The van der Waals surface area contributed by atoms with E-state index in [4.69, 9.17) is 0 Å². The first kappa shape index (κ1) is 20.8. The van der Waals surface area contributed by atoms with Crippen LogP contribution in [0.15, 0.2) is 12.3 Å². The third-order valence-electron chi connectivity index (χ3n) is 5.60. The molecule has 1 aliphatic carbocycles. The lowest BCUT2D eigenvalue weighted by molar-refractivity contribution is -0.127. The molecule has 0 unspecified atom stereocenters. The molecule has 2 fully saturated rings. The predicted octanol–water partition coefficient (Wildman–Crippen LogP) is 0.295. The van der Waals surface area contributed by atoms with E-state index in [1.165, 1.54) is 10.6 Å². The number of aromatic nitrogens is 2. The van der Waals surface area contributed by atoms with Crippen LogP contribution in [0.3, 0.4) is 0 Å². The summed E-state index contributed by atoms with van der Waals surface area (Å²) in [6.45, 7) is 3.72. The lowest BCUT2D eigenvalue weighted by Gasteiger charge is -2.39. The summed E-state index contributed by atoms with van der Waals surface area (Å²) in [5, 5.41) is 7.15. The van der Waals surface area contributed by atoms with Crippen LogP contribution < -0.4 is 5.32 Å². The van der Waals surface area contributed by atoms with Crippen molar-refractivity contribution in [2.24, 2.45) is 5.92 Å². The monoisotopic (exact) mass is 411 g/mol. The molecular weight excluding hydrogens is 382 g/mol. The van der Waals surface area contributed by atoms with Crippen molar-refractivity contribution in [3.05, 3.63) is 18.0 Å². The Morgan fingerprint density at radius 1 is 1.25 bits per heavy atom. The molecule has 1 saturated carbocycles. The van der Waals surface area contributed by atoms with Crippen LogP contribution in [0, 0.1) is 5.92 Å². The van der Waals surface area contributed by atoms with Crippen LogP contribution in [0.5, 0.6) is 0 Å². The minimum Gasteiger partial charge on any atom is -0.354 e. The second kappa shape index (κ2) is 8.60. The van der Waals surface area contributed by atoms with Crippen molar-refractivity contribution >= 4 is 21.8 Å². The van der Waals surface area contributed by atoms with Crippen LogP contribution in [0.1, 0.15) is 43.1 Å². The number of sulfonamides is 1. The van der Waals surface area contributed by atoms with E-state index in [0.29, 0.717) is 38.2 Å². The zero-order valence-corrected chi connectivity index (χ0v) is 17.3. The first-order chi connectivity index (χ1) is 13.3. The zero-order chi connectivity index (χ0) is 20.3. The van der Waals surface area contributed by atoms with Crippen molar-refractivity contribution in [1.29, 1.82) is 0 Å². The number of rotatable bonds is 3. The van der Waals surface area contributed by atoms with E-state index in [0.717, 1.165) is 12.8 Å². The maximum atomic E-state index is 12.9. The minimum absolute atomic E-state index is 0.122. The predicted molar refractivity (Wildman–Crippen MR) is 104 cm³/mol. The highest BCUT2D eigenvalue weighted by atomic mass is 32.2. The van der Waals surface area contributed by atoms with Crippen LogP contribution in [-0.2, 0) is 21.4 Å². The van der Waals surface area contributed by atoms with E-state index < -0.39 is 10.0 Å². The number of fused-ring (bicyclic) bond motifs is 1. The molecule has 28 heavy (non-hydrogen) atoms. The summed E-state index contributed by atoms with van der Waals surface area (Å²) >= 11 is 0. The van der Waals surface area contributed by atoms with Gasteiger partial charge in [0.2, 0.25) is 15.9 Å². The van der Waals surface area contributed by atoms with Crippen molar-refractivity contribution in [2.45, 2.75) is 45.2 Å². The molecule has 2 aliphatic rings. The molecule has 1 saturated heterocycles. The van der Waals surface area contributed by atoms with E-state index in [1.54, 1.807) is 21.8 Å². The van der Waals surface area contributed by atoms with E-state index in [9.17, 15) is 18.0 Å². The van der Waals surface area contributed by atoms with Gasteiger partial charge in [-0.2, -0.15) is 9.40 Å². The highest BCUT2D eigenvalue weighted by molar-refractivity contribution is 7.88. The van der Waals surface area contributed by atoms with Crippen LogP contribution in [0.25, 0.3) is 0 Å². The third-order valence-corrected chi connectivity index (χ3v) is 6.91. The molecule has 0 spiro atoms. The molecule has 1 aromatic heterocycles. The summed E-state index contributed by atoms with van der Waals surface area (Å²) in [4.78, 5) is 27.1. The summed E-state index contributed by atoms with van der Waals surface area (Å²) in [7, 11) is -3.51. The van der Waals surface area contributed by atoms with Gasteiger partial charge in [0.1, 0.15) is 5.69 Å². The Hall–Kier alpha value is -1.94. The summed E-state index contributed by atoms with van der Waals surface area (Å²) in [6.07, 6.45) is 6.11. The molecular formula is C18H29N5O4S. The van der Waals surface area contributed by atoms with Gasteiger partial charge in [0.25, 0.3) is 5.91 Å². The topological polar surface area (TPSA) is 105 Å². The van der Waals surface area contributed by atoms with Crippen molar-refractivity contribution in [1.82, 2.24) is 24.3 Å². The van der Waals surface area contributed by atoms with Gasteiger partial charge in [-0.15, -0.1) is 0 Å². The molecule has 1 aromatic rings. The lowest BCUT2D eigenvalue weighted by atomic mass is 9.83. The highest BCUT2D eigenvalue weighted by Gasteiger charge is 2.39. The number of carbonyl (C=O) groups is 2. The number of amides is 2. The lowest BCUT2D eigenvalue weighted by Crippen LogP contribution is -2.55. The first-order valence-electron chi connectivity index (χ1n) is 9.88. The zero-order valence-electron chi connectivity index (χ0n) is 16.5. The van der Waals surface area contributed by atoms with Gasteiger partial charge >= 0.3 is 0 Å². The Morgan fingerprint density at radius 2 is 2.00 bits per heavy atom. The molecule has 3 rings (SSSR count). The van der Waals surface area contributed by atoms with Gasteiger partial charge in [-0.3, -0.25) is 14.3 Å². The molecule has 2 atom stereocenters. The number of carbonyl (C=O) groups excluding carboxylic acids is 2. The Morgan fingerprint density at radius 3 is 2.68 bits per heavy atom. The average molecular weight is 412 g/mol. The van der Waals surface area contributed by atoms with Crippen LogP contribution >= 0.6 is 0 Å². The van der Waals surface area contributed by atoms with Gasteiger partial charge in [0, 0.05) is 45.0 Å². The van der Waals surface area contributed by atoms with Gasteiger partial charge < -0.3 is 10.2 Å². The van der Waals surface area contributed by atoms with Crippen LogP contribution in [0.2, 0.25) is 0 Å². The van der Waals surface area contributed by atoms with Crippen molar-refractivity contribution in [2.75, 3.05) is 32.4 Å². The van der Waals surface area contributed by atoms with Gasteiger partial charge in [-0.25, -0.2) is 8.42 Å². The molecule has 10 heteroatoms. The molecule has 156 valence electrons. The third kappa shape index (κ3) is 4.54. The highest BCUT2D eigenvalue weighted by Crippen LogP contribution is 2.30.